The normalized spacial score (nSPS) is 12.4. The minimum absolute atomic E-state index is 0. The summed E-state index contributed by atoms with van der Waals surface area (Å²) in [5.74, 6) is 0. The predicted octanol–water partition coefficient (Wildman–Crippen LogP) is -2.72. The average Bonchev–Trinajstić information content (AvgIpc) is 2.25. The average molecular weight is 274 g/mol. The first-order valence-electron chi connectivity index (χ1n) is 5.03. The van der Waals surface area contributed by atoms with Crippen molar-refractivity contribution in [1.82, 2.24) is 0 Å². The van der Waals surface area contributed by atoms with Crippen LogP contribution in [0.25, 0.3) is 0 Å². The third-order valence-corrected chi connectivity index (χ3v) is 5.39. The summed E-state index contributed by atoms with van der Waals surface area (Å²) in [7, 11) is 6.39. The molecule has 1 N–H and O–H groups in total. The molecule has 0 aromatic carbocycles. The maximum atomic E-state index is 9.08. The van der Waals surface area contributed by atoms with Crippen LogP contribution in [0.15, 0.2) is 0 Å². The van der Waals surface area contributed by atoms with E-state index < -0.39 is 8.80 Å². The lowest BCUT2D eigenvalue weighted by Crippen LogP contribution is -3.00. The van der Waals surface area contributed by atoms with Gasteiger partial charge in [0.2, 0.25) is 0 Å². The largest absolute Gasteiger partial charge is 1.00 e. The van der Waals surface area contributed by atoms with Gasteiger partial charge in [0.15, 0.2) is 6.73 Å². The van der Waals surface area contributed by atoms with Crippen LogP contribution in [0, 0.1) is 0 Å². The van der Waals surface area contributed by atoms with Gasteiger partial charge >= 0.3 is 8.80 Å². The molecule has 0 saturated heterocycles. The van der Waals surface area contributed by atoms with Crippen LogP contribution < -0.4 is 12.4 Å². The Morgan fingerprint density at radius 1 is 1.06 bits per heavy atom. The van der Waals surface area contributed by atoms with E-state index in [-0.39, 0.29) is 19.1 Å². The van der Waals surface area contributed by atoms with E-state index in [0.717, 1.165) is 19.0 Å². The van der Waals surface area contributed by atoms with Crippen molar-refractivity contribution >= 4 is 8.80 Å². The molecule has 0 aliphatic carbocycles. The highest BCUT2D eigenvalue weighted by Crippen LogP contribution is 2.15. The molecule has 0 atom stereocenters. The number of hydrogen-bond donors (Lipinski definition) is 1. The van der Waals surface area contributed by atoms with Crippen molar-refractivity contribution in [3.63, 3.8) is 0 Å². The molecule has 0 saturated carbocycles. The zero-order valence-electron chi connectivity index (χ0n) is 10.8. The van der Waals surface area contributed by atoms with Crippen LogP contribution in [0.2, 0.25) is 6.04 Å². The fourth-order valence-electron chi connectivity index (χ4n) is 1.35. The molecular formula is C9H24ClNO4Si. The topological polar surface area (TPSA) is 47.9 Å². The third-order valence-electron chi connectivity index (χ3n) is 2.56. The van der Waals surface area contributed by atoms with E-state index in [2.05, 4.69) is 0 Å². The molecule has 0 amide bonds. The number of hydrogen-bond acceptors (Lipinski definition) is 4. The molecule has 0 spiro atoms. The van der Waals surface area contributed by atoms with Crippen LogP contribution in [-0.4, -0.2) is 67.1 Å². The van der Waals surface area contributed by atoms with E-state index in [1.54, 1.807) is 21.3 Å². The predicted molar refractivity (Wildman–Crippen MR) is 60.3 cm³/mol. The first-order chi connectivity index (χ1) is 6.95. The molecule has 0 radical (unpaired) electrons. The van der Waals surface area contributed by atoms with Gasteiger partial charge in [-0.15, -0.1) is 0 Å². The molecule has 16 heavy (non-hydrogen) atoms. The number of quaternary nitrogens is 1. The summed E-state index contributed by atoms with van der Waals surface area (Å²) in [6.45, 7) is 1.02. The molecule has 0 aliphatic rings. The van der Waals surface area contributed by atoms with Gasteiger partial charge in [-0.2, -0.15) is 0 Å². The Bertz CT molecular complexity index is 171. The van der Waals surface area contributed by atoms with Crippen molar-refractivity contribution in [3.05, 3.63) is 0 Å². The highest BCUT2D eigenvalue weighted by Gasteiger charge is 2.37. The van der Waals surface area contributed by atoms with E-state index in [4.69, 9.17) is 18.4 Å². The van der Waals surface area contributed by atoms with Gasteiger partial charge in [0.25, 0.3) is 0 Å². The lowest BCUT2D eigenvalue weighted by Gasteiger charge is -2.29. The van der Waals surface area contributed by atoms with Crippen molar-refractivity contribution in [3.8, 4) is 0 Å². The zero-order chi connectivity index (χ0) is 11.9. The van der Waals surface area contributed by atoms with E-state index in [9.17, 15) is 0 Å². The van der Waals surface area contributed by atoms with Crippen LogP contribution in [0.3, 0.4) is 0 Å². The van der Waals surface area contributed by atoms with Gasteiger partial charge in [-0.1, -0.05) is 0 Å². The summed E-state index contributed by atoms with van der Waals surface area (Å²) in [5.41, 5.74) is 0. The van der Waals surface area contributed by atoms with Crippen molar-refractivity contribution in [2.75, 3.05) is 48.7 Å². The Kier molecular flexibility index (Phi) is 9.81. The standard InChI is InChI=1S/C9H24NO4Si.ClH/c1-10(2,9-11)7-6-8-15(12-3,13-4)14-5;/h11H,6-9H2,1-5H3;1H/q+1;/p-1. The molecule has 7 heteroatoms. The van der Waals surface area contributed by atoms with Gasteiger partial charge in [0, 0.05) is 33.8 Å². The molecule has 0 aromatic heterocycles. The molecule has 0 rings (SSSR count). The Balaban J connectivity index is 0. The van der Waals surface area contributed by atoms with Gasteiger partial charge < -0.3 is 35.3 Å². The maximum absolute atomic E-state index is 9.08. The summed E-state index contributed by atoms with van der Waals surface area (Å²) in [5, 5.41) is 9.08. The SMILES string of the molecule is CO[Si](CCC[N+](C)(C)CO)(OC)OC.[Cl-]. The summed E-state index contributed by atoms with van der Waals surface area (Å²) >= 11 is 0. The third kappa shape index (κ3) is 6.14. The molecule has 5 nitrogen and oxygen atoms in total. The second-order valence-corrected chi connectivity index (χ2v) is 7.29. The number of halogens is 1. The van der Waals surface area contributed by atoms with Crippen molar-refractivity contribution in [2.24, 2.45) is 0 Å². The molecule has 0 heterocycles. The molecule has 100 valence electrons. The molecule has 0 aromatic rings. The van der Waals surface area contributed by atoms with E-state index in [1.807, 2.05) is 14.1 Å². The lowest BCUT2D eigenvalue weighted by molar-refractivity contribution is -0.908. The summed E-state index contributed by atoms with van der Waals surface area (Å²) in [4.78, 5) is 0. The van der Waals surface area contributed by atoms with Crippen LogP contribution in [-0.2, 0) is 13.3 Å². The minimum atomic E-state index is -2.42. The second kappa shape index (κ2) is 8.41. The quantitative estimate of drug-likeness (QED) is 0.297. The van der Waals surface area contributed by atoms with Crippen molar-refractivity contribution in [1.29, 1.82) is 0 Å². The highest BCUT2D eigenvalue weighted by atomic mass is 35.5. The molecule has 0 unspecified atom stereocenters. The van der Waals surface area contributed by atoms with E-state index in [1.165, 1.54) is 0 Å². The van der Waals surface area contributed by atoms with Gasteiger partial charge in [0.05, 0.1) is 20.6 Å². The maximum Gasteiger partial charge on any atom is 0.500 e. The molecular weight excluding hydrogens is 250 g/mol. The minimum Gasteiger partial charge on any atom is -1.00 e. The van der Waals surface area contributed by atoms with E-state index >= 15 is 0 Å². The first-order valence-corrected chi connectivity index (χ1v) is 6.97. The fourth-order valence-corrected chi connectivity index (χ4v) is 3.05. The molecule has 0 bridgehead atoms. The van der Waals surface area contributed by atoms with Crippen molar-refractivity contribution < 1.29 is 35.3 Å². The summed E-state index contributed by atoms with van der Waals surface area (Å²) in [6.07, 6.45) is 0.912. The smallest absolute Gasteiger partial charge is 0.500 e. The number of rotatable bonds is 8. The molecule has 0 aliphatic heterocycles. The Labute approximate surface area is 106 Å². The highest BCUT2D eigenvalue weighted by molar-refractivity contribution is 6.60. The molecule has 0 fully saturated rings. The monoisotopic (exact) mass is 273 g/mol. The summed E-state index contributed by atoms with van der Waals surface area (Å²) in [6, 6.07) is 0.776. The fraction of sp³-hybridized carbons (Fsp3) is 1.00. The summed E-state index contributed by atoms with van der Waals surface area (Å²) < 4.78 is 16.5. The number of aliphatic hydroxyl groups is 1. The van der Waals surface area contributed by atoms with Crippen LogP contribution in [0.4, 0.5) is 0 Å². The Morgan fingerprint density at radius 3 is 1.81 bits per heavy atom. The van der Waals surface area contributed by atoms with E-state index in [0.29, 0.717) is 4.48 Å². The number of aliphatic hydroxyl groups excluding tert-OH is 1. The Morgan fingerprint density at radius 2 is 1.50 bits per heavy atom. The van der Waals surface area contributed by atoms with Gasteiger partial charge in [-0.05, 0) is 0 Å². The van der Waals surface area contributed by atoms with Gasteiger partial charge in [-0.3, -0.25) is 0 Å². The van der Waals surface area contributed by atoms with Crippen LogP contribution in [0.5, 0.6) is 0 Å². The second-order valence-electron chi connectivity index (χ2n) is 4.20. The van der Waals surface area contributed by atoms with Gasteiger partial charge in [0.1, 0.15) is 0 Å². The Hall–Kier alpha value is 0.307. The van der Waals surface area contributed by atoms with Crippen LogP contribution in [0.1, 0.15) is 6.42 Å². The zero-order valence-corrected chi connectivity index (χ0v) is 12.6. The van der Waals surface area contributed by atoms with Crippen LogP contribution >= 0.6 is 0 Å². The van der Waals surface area contributed by atoms with Crippen molar-refractivity contribution in [2.45, 2.75) is 12.5 Å². The lowest BCUT2D eigenvalue weighted by atomic mass is 10.4. The number of nitrogens with zero attached hydrogens (tertiary/aromatic N) is 1. The van der Waals surface area contributed by atoms with Gasteiger partial charge in [-0.25, -0.2) is 0 Å². The first kappa shape index (κ1) is 18.7.